The third-order valence-electron chi connectivity index (χ3n) is 13.1. The topological polar surface area (TPSA) is 3.24 Å². The second-order valence-corrected chi connectivity index (χ2v) is 16.5. The first-order valence-corrected chi connectivity index (χ1v) is 20.8. The van der Waals surface area contributed by atoms with Crippen LogP contribution in [0, 0.1) is 18.8 Å². The lowest BCUT2D eigenvalue weighted by Crippen LogP contribution is -2.28. The summed E-state index contributed by atoms with van der Waals surface area (Å²) >= 11 is 0. The second-order valence-electron chi connectivity index (χ2n) is 16.5. The van der Waals surface area contributed by atoms with Crippen molar-refractivity contribution in [2.45, 2.75) is 37.5 Å². The van der Waals surface area contributed by atoms with E-state index in [-0.39, 0.29) is 5.41 Å². The number of anilines is 2. The van der Waals surface area contributed by atoms with Gasteiger partial charge in [-0.3, -0.25) is 0 Å². The third kappa shape index (κ3) is 5.48. The first kappa shape index (κ1) is 35.1. The van der Waals surface area contributed by atoms with Crippen molar-refractivity contribution in [3.63, 3.8) is 0 Å². The lowest BCUT2D eigenvalue weighted by molar-refractivity contribution is 0.595. The summed E-state index contributed by atoms with van der Waals surface area (Å²) in [7, 11) is 0. The fourth-order valence-corrected chi connectivity index (χ4v) is 10.3. The Balaban J connectivity index is 1.05. The molecule has 0 fully saturated rings. The molecule has 11 rings (SSSR count). The molecule has 0 aliphatic heterocycles. The van der Waals surface area contributed by atoms with Crippen molar-refractivity contribution < 1.29 is 0 Å². The average Bonchev–Trinajstić information content (AvgIpc) is 3.59. The van der Waals surface area contributed by atoms with Gasteiger partial charge in [-0.2, -0.15) is 0 Å². The average molecular weight is 754 g/mol. The predicted octanol–water partition coefficient (Wildman–Crippen LogP) is 14.3. The van der Waals surface area contributed by atoms with E-state index in [1.165, 1.54) is 83.6 Å². The lowest BCUT2D eigenvalue weighted by Gasteiger charge is -2.34. The van der Waals surface area contributed by atoms with E-state index in [9.17, 15) is 0 Å². The molecule has 0 heterocycles. The fourth-order valence-electron chi connectivity index (χ4n) is 10.3. The van der Waals surface area contributed by atoms with Crippen LogP contribution < -0.4 is 4.90 Å². The maximum Gasteiger partial charge on any atom is 0.0703 e. The van der Waals surface area contributed by atoms with E-state index in [1.54, 1.807) is 0 Å². The Morgan fingerprint density at radius 3 is 1.97 bits per heavy atom. The zero-order valence-electron chi connectivity index (χ0n) is 33.4. The number of benzene rings is 7. The minimum Gasteiger partial charge on any atom is -0.311 e. The van der Waals surface area contributed by atoms with Crippen LogP contribution in [0.15, 0.2) is 212 Å². The third-order valence-corrected chi connectivity index (χ3v) is 13.1. The summed E-state index contributed by atoms with van der Waals surface area (Å²) in [6.45, 7) is 4.56. The Kier molecular flexibility index (Phi) is 8.18. The van der Waals surface area contributed by atoms with Gasteiger partial charge in [0, 0.05) is 28.9 Å². The van der Waals surface area contributed by atoms with E-state index in [1.807, 2.05) is 6.08 Å². The molecule has 2 atom stereocenters. The predicted molar refractivity (Wildman–Crippen MR) is 246 cm³/mol. The largest absolute Gasteiger partial charge is 0.311 e. The number of fused-ring (bicyclic) bond motifs is 9. The molecule has 4 aliphatic rings. The minimum atomic E-state index is -0.434. The number of hydrogen-bond acceptors (Lipinski definition) is 1. The highest BCUT2D eigenvalue weighted by Crippen LogP contribution is 2.64. The summed E-state index contributed by atoms with van der Waals surface area (Å²) in [6.07, 6.45) is 13.0. The van der Waals surface area contributed by atoms with Crippen molar-refractivity contribution in [2.75, 3.05) is 4.90 Å². The van der Waals surface area contributed by atoms with Gasteiger partial charge in [0.05, 0.1) is 5.41 Å². The molecule has 1 spiro atoms. The van der Waals surface area contributed by atoms with Crippen molar-refractivity contribution in [3.05, 3.63) is 245 Å². The summed E-state index contributed by atoms with van der Waals surface area (Å²) in [4.78, 5) is 2.41. The zero-order valence-corrected chi connectivity index (χ0v) is 33.4. The summed E-state index contributed by atoms with van der Waals surface area (Å²) in [5.41, 5.74) is 21.2. The molecule has 7 aromatic carbocycles. The summed E-state index contributed by atoms with van der Waals surface area (Å²) in [5, 5.41) is 0. The monoisotopic (exact) mass is 753 g/mol. The van der Waals surface area contributed by atoms with Crippen LogP contribution in [-0.2, 0) is 10.8 Å². The highest BCUT2D eigenvalue weighted by Gasteiger charge is 2.53. The molecule has 7 aromatic rings. The molecule has 2 unspecified atom stereocenters. The van der Waals surface area contributed by atoms with Crippen LogP contribution in [0.4, 0.5) is 11.4 Å². The molecule has 280 valence electrons. The quantitative estimate of drug-likeness (QED) is 0.153. The van der Waals surface area contributed by atoms with E-state index < -0.39 is 5.41 Å². The Morgan fingerprint density at radius 2 is 1.22 bits per heavy atom. The van der Waals surface area contributed by atoms with Crippen LogP contribution in [0.1, 0.15) is 53.1 Å². The Labute approximate surface area is 348 Å². The molecule has 1 heteroatoms. The van der Waals surface area contributed by atoms with Gasteiger partial charge in [0.2, 0.25) is 0 Å². The van der Waals surface area contributed by atoms with Gasteiger partial charge in [-0.25, -0.2) is 0 Å². The highest BCUT2D eigenvalue weighted by molar-refractivity contribution is 6.00. The van der Waals surface area contributed by atoms with Gasteiger partial charge >= 0.3 is 0 Å². The number of aryl methyl sites for hydroxylation is 1. The molecule has 0 N–H and O–H groups in total. The smallest absolute Gasteiger partial charge is 0.0703 e. The lowest BCUT2D eigenvalue weighted by atomic mass is 9.67. The van der Waals surface area contributed by atoms with Crippen molar-refractivity contribution in [3.8, 4) is 45.2 Å². The summed E-state index contributed by atoms with van der Waals surface area (Å²) in [6, 6.07) is 62.8. The van der Waals surface area contributed by atoms with Gasteiger partial charge in [0.1, 0.15) is 0 Å². The zero-order chi connectivity index (χ0) is 39.6. The second kappa shape index (κ2) is 13.8. The number of allylic oxidation sites excluding steroid dienone is 7. The van der Waals surface area contributed by atoms with Gasteiger partial charge in [-0.05, 0) is 128 Å². The van der Waals surface area contributed by atoms with Crippen molar-refractivity contribution in [1.29, 1.82) is 0 Å². The van der Waals surface area contributed by atoms with Crippen molar-refractivity contribution in [1.82, 2.24) is 0 Å². The first-order chi connectivity index (χ1) is 29.0. The molecule has 0 saturated heterocycles. The fraction of sp³-hybridized carbons (Fsp3) is 0.103. The highest BCUT2D eigenvalue weighted by atomic mass is 15.1. The normalized spacial score (nSPS) is 19.3. The van der Waals surface area contributed by atoms with Crippen LogP contribution in [0.5, 0.6) is 0 Å². The van der Waals surface area contributed by atoms with E-state index in [0.717, 1.165) is 24.2 Å². The van der Waals surface area contributed by atoms with Gasteiger partial charge in [-0.1, -0.05) is 182 Å². The maximum absolute atomic E-state index is 3.52. The standard InChI is InChI=1S/C58H43N/c1-40-25-34-51-49-19-10-5-11-23-53(49)58(55(51)39-40)54-24-13-12-20-50(54)52-22-14-21-48(56(52)58)43-28-32-46(33-29-43)59(45-30-26-42(27-31-45)41-15-6-3-7-16-41)47-35-37-57(2,38-36-47)44-17-8-4-9-18-44/h3-4,6-10,12-22,24-37,39H,23,38H2,1-2H3. The molecule has 0 amide bonds. The molecular weight excluding hydrogens is 711 g/mol. The first-order valence-electron chi connectivity index (χ1n) is 20.8. The molecule has 0 bridgehead atoms. The summed E-state index contributed by atoms with van der Waals surface area (Å²) in [5.74, 6) is 6.84. The molecule has 1 nitrogen and oxygen atoms in total. The van der Waals surface area contributed by atoms with Crippen LogP contribution >= 0.6 is 0 Å². The SMILES string of the molecule is Cc1ccc2c(c1)C1(C3=C2C=CC#CC3)c2ccccc2-c2cccc(-c3ccc(N(C4=CCC(C)(c5ccccc5)C=C4)c4ccc(-c5ccccc5)cc4)cc3)c21. The van der Waals surface area contributed by atoms with Crippen molar-refractivity contribution in [2.24, 2.45) is 0 Å². The van der Waals surface area contributed by atoms with Gasteiger partial charge < -0.3 is 4.90 Å². The Hall–Kier alpha value is -7.14. The number of hydrogen-bond donors (Lipinski definition) is 0. The molecule has 0 radical (unpaired) electrons. The van der Waals surface area contributed by atoms with Gasteiger partial charge in [0.15, 0.2) is 0 Å². The van der Waals surface area contributed by atoms with E-state index in [2.05, 4.69) is 225 Å². The van der Waals surface area contributed by atoms with Crippen LogP contribution in [-0.4, -0.2) is 0 Å². The molecule has 59 heavy (non-hydrogen) atoms. The van der Waals surface area contributed by atoms with E-state index in [4.69, 9.17) is 0 Å². The maximum atomic E-state index is 3.52. The van der Waals surface area contributed by atoms with Crippen LogP contribution in [0.25, 0.3) is 39.0 Å². The Bertz CT molecular complexity index is 2980. The van der Waals surface area contributed by atoms with Crippen LogP contribution in [0.3, 0.4) is 0 Å². The van der Waals surface area contributed by atoms with Crippen LogP contribution in [0.2, 0.25) is 0 Å². The number of nitrogens with zero attached hydrogens (tertiary/aromatic N) is 1. The molecule has 0 saturated carbocycles. The minimum absolute atomic E-state index is 0.0654. The Morgan fingerprint density at radius 1 is 0.559 bits per heavy atom. The van der Waals surface area contributed by atoms with E-state index in [0.29, 0.717) is 0 Å². The van der Waals surface area contributed by atoms with Crippen molar-refractivity contribution >= 4 is 16.9 Å². The number of rotatable bonds is 6. The molecular formula is C58H43N. The van der Waals surface area contributed by atoms with Gasteiger partial charge in [-0.15, -0.1) is 0 Å². The molecule has 4 aliphatic carbocycles. The summed E-state index contributed by atoms with van der Waals surface area (Å²) < 4.78 is 0. The molecule has 0 aromatic heterocycles. The van der Waals surface area contributed by atoms with Gasteiger partial charge in [0.25, 0.3) is 0 Å². The van der Waals surface area contributed by atoms with E-state index >= 15 is 0 Å².